The van der Waals surface area contributed by atoms with Crippen LogP contribution in [0.15, 0.2) is 29.2 Å². The number of benzene rings is 1. The van der Waals surface area contributed by atoms with E-state index in [-0.39, 0.29) is 11.9 Å². The molecule has 3 nitrogen and oxygen atoms in total. The van der Waals surface area contributed by atoms with E-state index in [0.717, 1.165) is 12.8 Å². The van der Waals surface area contributed by atoms with Gasteiger partial charge in [0.25, 0.3) is 5.76 Å². The molecule has 2 aliphatic rings. The highest BCUT2D eigenvalue weighted by atomic mass is 32.2. The Morgan fingerprint density at radius 3 is 2.64 bits per heavy atom. The molecule has 3 rings (SSSR count). The predicted octanol–water partition coefficient (Wildman–Crippen LogP) is 3.86. The molecule has 1 amide bonds. The Morgan fingerprint density at radius 1 is 1.23 bits per heavy atom. The third-order valence-corrected chi connectivity index (χ3v) is 5.25. The summed E-state index contributed by atoms with van der Waals surface area (Å²) in [6.07, 6.45) is 5.77. The number of hydrogen-bond donors (Lipinski definition) is 2. The Hall–Kier alpha value is -1.14. The van der Waals surface area contributed by atoms with Crippen molar-refractivity contribution in [1.82, 2.24) is 5.32 Å². The molecule has 1 aromatic rings. The van der Waals surface area contributed by atoms with Crippen LogP contribution in [-0.4, -0.2) is 23.7 Å². The van der Waals surface area contributed by atoms with Crippen LogP contribution in [0, 0.1) is 5.92 Å². The van der Waals surface area contributed by atoms with Gasteiger partial charge in [-0.3, -0.25) is 4.79 Å². The summed E-state index contributed by atoms with van der Waals surface area (Å²) < 4.78 is 24.5. The third kappa shape index (κ3) is 3.79. The fraction of sp³-hybridized carbons (Fsp3) is 0.562. The van der Waals surface area contributed by atoms with Crippen molar-refractivity contribution in [1.29, 1.82) is 0 Å². The fourth-order valence-electron chi connectivity index (χ4n) is 3.47. The van der Waals surface area contributed by atoms with Crippen molar-refractivity contribution >= 4 is 23.4 Å². The van der Waals surface area contributed by atoms with Gasteiger partial charge in [0.2, 0.25) is 5.91 Å². The predicted molar refractivity (Wildman–Crippen MR) is 84.2 cm³/mol. The van der Waals surface area contributed by atoms with Crippen LogP contribution in [0.25, 0.3) is 0 Å². The van der Waals surface area contributed by atoms with Crippen molar-refractivity contribution in [2.45, 2.75) is 54.8 Å². The first kappa shape index (κ1) is 15.7. The number of hydrogen-bond acceptors (Lipinski definition) is 3. The normalized spacial score (nSPS) is 27.7. The molecular formula is C16H20F2N2OS. The summed E-state index contributed by atoms with van der Waals surface area (Å²) in [4.78, 5) is 12.8. The van der Waals surface area contributed by atoms with E-state index in [1.807, 2.05) is 0 Å². The van der Waals surface area contributed by atoms with E-state index in [1.54, 1.807) is 24.3 Å². The van der Waals surface area contributed by atoms with Gasteiger partial charge in [0.05, 0.1) is 6.04 Å². The van der Waals surface area contributed by atoms with Crippen LogP contribution < -0.4 is 10.6 Å². The minimum Gasteiger partial charge on any atom is -0.325 e. The van der Waals surface area contributed by atoms with Crippen molar-refractivity contribution in [3.05, 3.63) is 24.3 Å². The van der Waals surface area contributed by atoms with Gasteiger partial charge < -0.3 is 10.6 Å². The molecule has 0 aromatic heterocycles. The molecule has 1 saturated carbocycles. The number of amides is 1. The molecule has 1 saturated heterocycles. The minimum absolute atomic E-state index is 0.0244. The summed E-state index contributed by atoms with van der Waals surface area (Å²) >= 11 is 0.506. The molecule has 0 radical (unpaired) electrons. The number of carbonyl (C=O) groups excluding carboxylic acids is 1. The number of rotatable bonds is 4. The molecule has 3 unspecified atom stereocenters. The SMILES string of the molecule is O=C(Nc1ccc(SC(F)F)cc1)C1CC2CCCCC2N1. The van der Waals surface area contributed by atoms with Crippen LogP contribution in [-0.2, 0) is 4.79 Å². The van der Waals surface area contributed by atoms with Crippen LogP contribution in [0.1, 0.15) is 32.1 Å². The number of anilines is 1. The van der Waals surface area contributed by atoms with Crippen molar-refractivity contribution in [2.24, 2.45) is 5.92 Å². The second-order valence-corrected chi connectivity index (χ2v) is 7.06. The first-order valence-electron chi connectivity index (χ1n) is 7.73. The van der Waals surface area contributed by atoms with Crippen LogP contribution in [0.4, 0.5) is 14.5 Å². The summed E-state index contributed by atoms with van der Waals surface area (Å²) in [5, 5.41) is 6.31. The zero-order valence-electron chi connectivity index (χ0n) is 12.2. The lowest BCUT2D eigenvalue weighted by Gasteiger charge is -2.24. The van der Waals surface area contributed by atoms with Gasteiger partial charge in [-0.05, 0) is 49.4 Å². The second-order valence-electron chi connectivity index (χ2n) is 6.00. The van der Waals surface area contributed by atoms with E-state index in [9.17, 15) is 13.6 Å². The standard InChI is InChI=1S/C16H20F2N2OS/c17-16(18)22-12-7-5-11(6-8-12)19-15(21)14-9-10-3-1-2-4-13(10)20-14/h5-8,10,13-14,16,20H,1-4,9H2,(H,19,21). The van der Waals surface area contributed by atoms with Gasteiger partial charge in [0, 0.05) is 16.6 Å². The summed E-state index contributed by atoms with van der Waals surface area (Å²) in [6, 6.07) is 6.90. The quantitative estimate of drug-likeness (QED) is 0.826. The Balaban J connectivity index is 1.55. The van der Waals surface area contributed by atoms with E-state index in [1.165, 1.54) is 19.3 Å². The van der Waals surface area contributed by atoms with Gasteiger partial charge in [-0.15, -0.1) is 0 Å². The van der Waals surface area contributed by atoms with Crippen LogP contribution in [0.3, 0.4) is 0 Å². The first-order chi connectivity index (χ1) is 10.6. The molecule has 1 aromatic carbocycles. The largest absolute Gasteiger partial charge is 0.325 e. The number of alkyl halides is 2. The van der Waals surface area contributed by atoms with E-state index >= 15 is 0 Å². The smallest absolute Gasteiger partial charge is 0.288 e. The molecule has 22 heavy (non-hydrogen) atoms. The average molecular weight is 326 g/mol. The molecule has 3 atom stereocenters. The van der Waals surface area contributed by atoms with Crippen molar-refractivity contribution < 1.29 is 13.6 Å². The Bertz CT molecular complexity index is 509. The van der Waals surface area contributed by atoms with Gasteiger partial charge in [-0.1, -0.05) is 24.6 Å². The highest BCUT2D eigenvalue weighted by Gasteiger charge is 2.38. The molecule has 120 valence electrons. The summed E-state index contributed by atoms with van der Waals surface area (Å²) in [7, 11) is 0. The lowest BCUT2D eigenvalue weighted by molar-refractivity contribution is -0.117. The highest BCUT2D eigenvalue weighted by molar-refractivity contribution is 7.99. The molecule has 1 aliphatic heterocycles. The molecule has 2 N–H and O–H groups in total. The van der Waals surface area contributed by atoms with Crippen molar-refractivity contribution in [3.63, 3.8) is 0 Å². The number of thioether (sulfide) groups is 1. The average Bonchev–Trinajstić information content (AvgIpc) is 2.93. The lowest BCUT2D eigenvalue weighted by atomic mass is 9.85. The van der Waals surface area contributed by atoms with Gasteiger partial charge in [-0.2, -0.15) is 8.78 Å². The summed E-state index contributed by atoms with van der Waals surface area (Å²) in [5.74, 6) is -1.83. The van der Waals surface area contributed by atoms with Gasteiger partial charge >= 0.3 is 0 Å². The van der Waals surface area contributed by atoms with Crippen LogP contribution in [0.5, 0.6) is 0 Å². The minimum atomic E-state index is -2.42. The van der Waals surface area contributed by atoms with E-state index < -0.39 is 5.76 Å². The number of nitrogens with one attached hydrogen (secondary N) is 2. The number of carbonyl (C=O) groups is 1. The monoisotopic (exact) mass is 326 g/mol. The topological polar surface area (TPSA) is 41.1 Å². The van der Waals surface area contributed by atoms with Crippen LogP contribution >= 0.6 is 11.8 Å². The molecule has 0 bridgehead atoms. The van der Waals surface area contributed by atoms with Crippen LogP contribution in [0.2, 0.25) is 0 Å². The van der Waals surface area contributed by atoms with Crippen molar-refractivity contribution in [2.75, 3.05) is 5.32 Å². The van der Waals surface area contributed by atoms with Gasteiger partial charge in [0.15, 0.2) is 0 Å². The lowest BCUT2D eigenvalue weighted by Crippen LogP contribution is -2.39. The maximum Gasteiger partial charge on any atom is 0.288 e. The summed E-state index contributed by atoms with van der Waals surface area (Å²) in [6.45, 7) is 0. The zero-order chi connectivity index (χ0) is 15.5. The Kier molecular flexibility index (Phi) is 4.98. The Labute approximate surface area is 133 Å². The van der Waals surface area contributed by atoms with E-state index in [0.29, 0.717) is 34.3 Å². The second kappa shape index (κ2) is 6.96. The summed E-state index contributed by atoms with van der Waals surface area (Å²) in [5.41, 5.74) is 0.653. The van der Waals surface area contributed by atoms with E-state index in [4.69, 9.17) is 0 Å². The maximum absolute atomic E-state index is 12.3. The zero-order valence-corrected chi connectivity index (χ0v) is 13.0. The van der Waals surface area contributed by atoms with E-state index in [2.05, 4.69) is 10.6 Å². The molecular weight excluding hydrogens is 306 g/mol. The first-order valence-corrected chi connectivity index (χ1v) is 8.61. The fourth-order valence-corrected chi connectivity index (χ4v) is 3.97. The molecule has 1 aliphatic carbocycles. The molecule has 0 spiro atoms. The highest BCUT2D eigenvalue weighted by Crippen LogP contribution is 2.33. The molecule has 6 heteroatoms. The Morgan fingerprint density at radius 2 is 1.95 bits per heavy atom. The molecule has 1 heterocycles. The number of halogens is 2. The maximum atomic E-state index is 12.3. The van der Waals surface area contributed by atoms with Gasteiger partial charge in [0.1, 0.15) is 0 Å². The third-order valence-electron chi connectivity index (χ3n) is 4.53. The van der Waals surface area contributed by atoms with Crippen molar-refractivity contribution in [3.8, 4) is 0 Å². The number of fused-ring (bicyclic) bond motifs is 1. The molecule has 2 fully saturated rings. The van der Waals surface area contributed by atoms with Gasteiger partial charge in [-0.25, -0.2) is 0 Å².